The number of phenolic OH excluding ortho intramolecular Hbond substituents is 1. The van der Waals surface area contributed by atoms with Crippen molar-refractivity contribution in [2.45, 2.75) is 6.92 Å². The molecule has 7 heteroatoms. The van der Waals surface area contributed by atoms with Crippen LogP contribution < -0.4 is 5.43 Å². The van der Waals surface area contributed by atoms with Gasteiger partial charge in [0, 0.05) is 5.38 Å². The number of phenols is 1. The number of nitrogens with one attached hydrogen (secondary N) is 1. The van der Waals surface area contributed by atoms with E-state index >= 15 is 0 Å². The fraction of sp³-hybridized carbons (Fsp3) is 0.0909. The molecule has 1 aromatic heterocycles. The number of aryl methyl sites for hydroxylation is 1. The van der Waals surface area contributed by atoms with Crippen LogP contribution in [0.5, 0.6) is 5.75 Å². The van der Waals surface area contributed by atoms with Crippen LogP contribution in [0.15, 0.2) is 22.6 Å². The third-order valence-corrected chi connectivity index (χ3v) is 4.54. The summed E-state index contributed by atoms with van der Waals surface area (Å²) in [6, 6.07) is 3.74. The van der Waals surface area contributed by atoms with Gasteiger partial charge in [-0.05, 0) is 69.8 Å². The molecule has 0 bridgehead atoms. The van der Waals surface area contributed by atoms with E-state index in [9.17, 15) is 5.11 Å². The average molecular weight is 485 g/mol. The van der Waals surface area contributed by atoms with Crippen LogP contribution in [0.2, 0.25) is 0 Å². The van der Waals surface area contributed by atoms with E-state index in [0.29, 0.717) is 5.75 Å². The summed E-state index contributed by atoms with van der Waals surface area (Å²) in [5.74, 6) is 0.317. The average Bonchev–Trinajstić information content (AvgIpc) is 2.72. The topological polar surface area (TPSA) is 57.5 Å². The van der Waals surface area contributed by atoms with Gasteiger partial charge in [-0.3, -0.25) is 5.43 Å². The van der Waals surface area contributed by atoms with Gasteiger partial charge in [-0.15, -0.1) is 11.3 Å². The third-order valence-electron chi connectivity index (χ3n) is 2.03. The van der Waals surface area contributed by atoms with Gasteiger partial charge in [0.2, 0.25) is 5.13 Å². The first-order valence-corrected chi connectivity index (χ1v) is 7.99. The quantitative estimate of drug-likeness (QED) is 0.395. The summed E-state index contributed by atoms with van der Waals surface area (Å²) >= 11 is 5.70. The molecule has 1 aromatic carbocycles. The van der Waals surface area contributed by atoms with Crippen molar-refractivity contribution in [1.82, 2.24) is 4.98 Å². The van der Waals surface area contributed by atoms with Crippen LogP contribution in [-0.4, -0.2) is 16.3 Å². The van der Waals surface area contributed by atoms with E-state index in [-0.39, 0.29) is 0 Å². The molecule has 0 atom stereocenters. The number of halogens is 2. The summed E-state index contributed by atoms with van der Waals surface area (Å²) in [4.78, 5) is 4.24. The van der Waals surface area contributed by atoms with Crippen LogP contribution in [0.25, 0.3) is 0 Å². The molecule has 4 nitrogen and oxygen atoms in total. The number of thiazole rings is 1. The number of rotatable bonds is 3. The first-order valence-electron chi connectivity index (χ1n) is 4.95. The molecule has 0 aliphatic heterocycles. The molecule has 0 saturated heterocycles. The van der Waals surface area contributed by atoms with Gasteiger partial charge in [-0.2, -0.15) is 5.10 Å². The number of nitrogens with zero attached hydrogens (tertiary/aromatic N) is 2. The maximum atomic E-state index is 9.65. The maximum Gasteiger partial charge on any atom is 0.203 e. The Balaban J connectivity index is 2.09. The Hall–Kier alpha value is -0.420. The van der Waals surface area contributed by atoms with E-state index < -0.39 is 0 Å². The van der Waals surface area contributed by atoms with Crippen molar-refractivity contribution >= 4 is 67.9 Å². The fourth-order valence-electron chi connectivity index (χ4n) is 1.23. The summed E-state index contributed by atoms with van der Waals surface area (Å²) in [6.07, 6.45) is 1.71. The minimum absolute atomic E-state index is 0.317. The Morgan fingerprint density at radius 3 is 2.61 bits per heavy atom. The summed E-state index contributed by atoms with van der Waals surface area (Å²) < 4.78 is 1.62. The fourth-order valence-corrected chi connectivity index (χ4v) is 3.68. The smallest absolute Gasteiger partial charge is 0.203 e. The molecule has 0 fully saturated rings. The second kappa shape index (κ2) is 6.15. The van der Waals surface area contributed by atoms with Crippen LogP contribution >= 0.6 is 56.5 Å². The van der Waals surface area contributed by atoms with Gasteiger partial charge in [-0.1, -0.05) is 0 Å². The standard InChI is InChI=1S/C11H9I2N3OS/c1-6-5-18-11(15-6)16-14-4-7-2-8(12)10(17)9(13)3-7/h2-5,17H,1H3,(H,15,16). The molecule has 94 valence electrons. The largest absolute Gasteiger partial charge is 0.506 e. The lowest BCUT2D eigenvalue weighted by molar-refractivity contribution is 0.467. The molecule has 2 rings (SSSR count). The van der Waals surface area contributed by atoms with Crippen molar-refractivity contribution < 1.29 is 5.11 Å². The van der Waals surface area contributed by atoms with E-state index in [4.69, 9.17) is 0 Å². The predicted molar refractivity (Wildman–Crippen MR) is 91.6 cm³/mol. The van der Waals surface area contributed by atoms with Gasteiger partial charge >= 0.3 is 0 Å². The highest BCUT2D eigenvalue weighted by Gasteiger charge is 2.04. The summed E-state index contributed by atoms with van der Waals surface area (Å²) in [5.41, 5.74) is 4.79. The molecule has 18 heavy (non-hydrogen) atoms. The molecule has 2 aromatic rings. The number of benzene rings is 1. The van der Waals surface area contributed by atoms with Gasteiger partial charge in [0.25, 0.3) is 0 Å². The van der Waals surface area contributed by atoms with Crippen molar-refractivity contribution in [3.8, 4) is 5.75 Å². The van der Waals surface area contributed by atoms with E-state index in [1.54, 1.807) is 6.21 Å². The number of anilines is 1. The zero-order valence-electron chi connectivity index (χ0n) is 9.32. The molecule has 0 aliphatic carbocycles. The van der Waals surface area contributed by atoms with Crippen molar-refractivity contribution in [3.63, 3.8) is 0 Å². The van der Waals surface area contributed by atoms with Crippen molar-refractivity contribution in [3.05, 3.63) is 35.9 Å². The lowest BCUT2D eigenvalue weighted by atomic mass is 10.2. The van der Waals surface area contributed by atoms with Crippen LogP contribution in [0.3, 0.4) is 0 Å². The lowest BCUT2D eigenvalue weighted by Crippen LogP contribution is -1.92. The third kappa shape index (κ3) is 3.54. The highest BCUT2D eigenvalue weighted by Crippen LogP contribution is 2.26. The van der Waals surface area contributed by atoms with Gasteiger partial charge in [0.05, 0.1) is 19.0 Å². The maximum absolute atomic E-state index is 9.65. The first kappa shape index (κ1) is 14.0. The van der Waals surface area contributed by atoms with Crippen LogP contribution in [-0.2, 0) is 0 Å². The van der Waals surface area contributed by atoms with Gasteiger partial charge in [0.1, 0.15) is 5.75 Å². The summed E-state index contributed by atoms with van der Waals surface area (Å²) in [6.45, 7) is 1.94. The molecule has 0 aliphatic rings. The second-order valence-corrected chi connectivity index (χ2v) is 6.68. The predicted octanol–water partition coefficient (Wildman–Crippen LogP) is 3.81. The first-order chi connectivity index (χ1) is 8.56. The van der Waals surface area contributed by atoms with Crippen molar-refractivity contribution in [2.24, 2.45) is 5.10 Å². The van der Waals surface area contributed by atoms with Gasteiger partial charge < -0.3 is 5.11 Å². The molecule has 0 spiro atoms. The van der Waals surface area contributed by atoms with Crippen molar-refractivity contribution in [2.75, 3.05) is 5.43 Å². The Morgan fingerprint density at radius 1 is 1.39 bits per heavy atom. The zero-order chi connectivity index (χ0) is 13.1. The Labute approximate surface area is 136 Å². The molecular formula is C11H9I2N3OS. The monoisotopic (exact) mass is 485 g/mol. The zero-order valence-corrected chi connectivity index (χ0v) is 14.4. The number of hydrogen-bond donors (Lipinski definition) is 2. The Morgan fingerprint density at radius 2 is 2.06 bits per heavy atom. The highest BCUT2D eigenvalue weighted by atomic mass is 127. The SMILES string of the molecule is Cc1csc(NN=Cc2cc(I)c(O)c(I)c2)n1. The second-order valence-electron chi connectivity index (χ2n) is 3.50. The van der Waals surface area contributed by atoms with E-state index in [1.807, 2.05) is 24.4 Å². The minimum atomic E-state index is 0.317. The van der Waals surface area contributed by atoms with E-state index in [1.165, 1.54) is 11.3 Å². The Bertz CT molecular complexity index is 575. The van der Waals surface area contributed by atoms with Crippen LogP contribution in [0.1, 0.15) is 11.3 Å². The number of aromatic nitrogens is 1. The highest BCUT2D eigenvalue weighted by molar-refractivity contribution is 14.1. The van der Waals surface area contributed by atoms with Crippen molar-refractivity contribution in [1.29, 1.82) is 0 Å². The molecule has 0 saturated carbocycles. The molecule has 0 unspecified atom stereocenters. The number of aromatic hydroxyl groups is 1. The molecular weight excluding hydrogens is 476 g/mol. The van der Waals surface area contributed by atoms with Crippen LogP contribution in [0.4, 0.5) is 5.13 Å². The summed E-state index contributed by atoms with van der Waals surface area (Å²) in [5, 5.41) is 16.5. The summed E-state index contributed by atoms with van der Waals surface area (Å²) in [7, 11) is 0. The molecule has 1 heterocycles. The normalized spacial score (nSPS) is 11.1. The Kier molecular flexibility index (Phi) is 4.78. The van der Waals surface area contributed by atoms with E-state index in [0.717, 1.165) is 23.5 Å². The molecule has 0 amide bonds. The molecule has 2 N–H and O–H groups in total. The van der Waals surface area contributed by atoms with Gasteiger partial charge in [-0.25, -0.2) is 4.98 Å². The minimum Gasteiger partial charge on any atom is -0.506 e. The number of hydrogen-bond acceptors (Lipinski definition) is 5. The lowest BCUT2D eigenvalue weighted by Gasteiger charge is -2.01. The molecule has 0 radical (unpaired) electrons. The van der Waals surface area contributed by atoms with Gasteiger partial charge in [0.15, 0.2) is 0 Å². The van der Waals surface area contributed by atoms with Crippen LogP contribution in [0, 0.1) is 14.1 Å². The van der Waals surface area contributed by atoms with E-state index in [2.05, 4.69) is 60.7 Å². The number of hydrazone groups is 1.